The first-order chi connectivity index (χ1) is 8.81. The predicted molar refractivity (Wildman–Crippen MR) is 82.6 cm³/mol. The molecule has 1 nitrogen and oxygen atoms in total. The highest BCUT2D eigenvalue weighted by atomic mass is 15.1. The molecule has 0 aromatic heterocycles. The Morgan fingerprint density at radius 2 is 1.94 bits per heavy atom. The molecule has 1 aliphatic rings. The maximum absolute atomic E-state index is 2.58. The first kappa shape index (κ1) is 15.1. The Balaban J connectivity index is 0.000000771. The maximum Gasteiger partial charge on any atom is 0.0398 e. The molecule has 1 heteroatoms. The van der Waals surface area contributed by atoms with Crippen LogP contribution in [-0.4, -0.2) is 13.1 Å². The zero-order valence-corrected chi connectivity index (χ0v) is 12.6. The van der Waals surface area contributed by atoms with E-state index < -0.39 is 0 Å². The van der Waals surface area contributed by atoms with Crippen molar-refractivity contribution in [1.82, 2.24) is 0 Å². The van der Waals surface area contributed by atoms with Gasteiger partial charge in [0.15, 0.2) is 0 Å². The van der Waals surface area contributed by atoms with Gasteiger partial charge in [-0.05, 0) is 37.8 Å². The van der Waals surface area contributed by atoms with E-state index in [4.69, 9.17) is 0 Å². The molecule has 0 spiro atoms. The number of aryl methyl sites for hydroxylation is 2. The third-order valence-corrected chi connectivity index (χ3v) is 3.48. The van der Waals surface area contributed by atoms with Crippen LogP contribution in [0, 0.1) is 6.92 Å². The van der Waals surface area contributed by atoms with E-state index in [2.05, 4.69) is 36.9 Å². The number of rotatable bonds is 4. The van der Waals surface area contributed by atoms with Gasteiger partial charge in [-0.2, -0.15) is 0 Å². The first-order valence-corrected chi connectivity index (χ1v) is 7.65. The minimum absolute atomic E-state index is 1.24. The molecular weight excluding hydrogens is 218 g/mol. The summed E-state index contributed by atoms with van der Waals surface area (Å²) in [6, 6.07) is 6.92. The Bertz CT molecular complexity index is 343. The molecule has 102 valence electrons. The summed E-state index contributed by atoms with van der Waals surface area (Å²) in [6.45, 7) is 11.0. The van der Waals surface area contributed by atoms with Gasteiger partial charge in [0, 0.05) is 18.8 Å². The number of fused-ring (bicyclic) bond motifs is 1. The molecule has 0 bridgehead atoms. The lowest BCUT2D eigenvalue weighted by atomic mass is 9.99. The van der Waals surface area contributed by atoms with Gasteiger partial charge in [-0.15, -0.1) is 0 Å². The van der Waals surface area contributed by atoms with Crippen molar-refractivity contribution < 1.29 is 0 Å². The van der Waals surface area contributed by atoms with E-state index in [1.807, 2.05) is 13.8 Å². The summed E-state index contributed by atoms with van der Waals surface area (Å²) in [6.07, 6.45) is 6.60. The molecule has 1 aromatic carbocycles. The minimum atomic E-state index is 1.24. The number of hydrogen-bond donors (Lipinski definition) is 0. The van der Waals surface area contributed by atoms with Crippen LogP contribution < -0.4 is 4.90 Å². The van der Waals surface area contributed by atoms with Crippen molar-refractivity contribution in [2.75, 3.05) is 18.0 Å². The summed E-state index contributed by atoms with van der Waals surface area (Å²) in [7, 11) is 0. The van der Waals surface area contributed by atoms with Gasteiger partial charge in [-0.3, -0.25) is 0 Å². The molecule has 1 aliphatic heterocycles. The van der Waals surface area contributed by atoms with Gasteiger partial charge in [-0.1, -0.05) is 51.3 Å². The van der Waals surface area contributed by atoms with Crippen LogP contribution in [0.1, 0.15) is 57.6 Å². The van der Waals surface area contributed by atoms with Gasteiger partial charge in [0.25, 0.3) is 0 Å². The summed E-state index contributed by atoms with van der Waals surface area (Å²) in [5, 5.41) is 0. The summed E-state index contributed by atoms with van der Waals surface area (Å²) >= 11 is 0. The normalized spacial score (nSPS) is 13.7. The third-order valence-electron chi connectivity index (χ3n) is 3.48. The summed E-state index contributed by atoms with van der Waals surface area (Å²) in [4.78, 5) is 2.58. The second-order valence-corrected chi connectivity index (χ2v) is 4.93. The molecule has 0 fully saturated rings. The molecule has 0 radical (unpaired) electrons. The molecule has 1 aromatic rings. The molecule has 0 atom stereocenters. The second kappa shape index (κ2) is 8.18. The van der Waals surface area contributed by atoms with E-state index in [0.717, 1.165) is 0 Å². The van der Waals surface area contributed by atoms with Crippen LogP contribution >= 0.6 is 0 Å². The largest absolute Gasteiger partial charge is 0.371 e. The van der Waals surface area contributed by atoms with Crippen molar-refractivity contribution >= 4 is 5.69 Å². The van der Waals surface area contributed by atoms with Crippen LogP contribution in [0.15, 0.2) is 18.2 Å². The van der Waals surface area contributed by atoms with E-state index in [1.54, 1.807) is 5.56 Å². The van der Waals surface area contributed by atoms with Crippen LogP contribution in [0.5, 0.6) is 0 Å². The number of hydrogen-bond acceptors (Lipinski definition) is 1. The van der Waals surface area contributed by atoms with Crippen molar-refractivity contribution in [3.8, 4) is 0 Å². The third kappa shape index (κ3) is 4.04. The molecule has 0 amide bonds. The highest BCUT2D eigenvalue weighted by molar-refractivity contribution is 5.56. The van der Waals surface area contributed by atoms with Crippen LogP contribution in [0.3, 0.4) is 0 Å². The standard InChI is InChI=1S/C15H23N.C2H6/c1-3-4-5-10-16-11-6-7-14-12-13(2)8-9-15(14)16;1-2/h8-9,12H,3-7,10-11H2,1-2H3;1-2H3. The molecule has 18 heavy (non-hydrogen) atoms. The fourth-order valence-electron chi connectivity index (χ4n) is 2.59. The van der Waals surface area contributed by atoms with Crippen LogP contribution in [0.2, 0.25) is 0 Å². The molecule has 0 unspecified atom stereocenters. The van der Waals surface area contributed by atoms with Crippen molar-refractivity contribution in [2.45, 2.75) is 59.8 Å². The molecule has 0 N–H and O–H groups in total. The SMILES string of the molecule is CC.CCCCCN1CCCc2cc(C)ccc21. The zero-order valence-electron chi connectivity index (χ0n) is 12.6. The van der Waals surface area contributed by atoms with Gasteiger partial charge < -0.3 is 4.90 Å². The lowest BCUT2D eigenvalue weighted by Crippen LogP contribution is -2.30. The van der Waals surface area contributed by atoms with Crippen molar-refractivity contribution in [3.05, 3.63) is 29.3 Å². The highest BCUT2D eigenvalue weighted by Gasteiger charge is 2.15. The highest BCUT2D eigenvalue weighted by Crippen LogP contribution is 2.28. The van der Waals surface area contributed by atoms with Gasteiger partial charge in [-0.25, -0.2) is 0 Å². The average molecular weight is 247 g/mol. The Labute approximate surface area is 113 Å². The van der Waals surface area contributed by atoms with Crippen LogP contribution in [0.25, 0.3) is 0 Å². The monoisotopic (exact) mass is 247 g/mol. The quantitative estimate of drug-likeness (QED) is 0.679. The fraction of sp³-hybridized carbons (Fsp3) is 0.647. The van der Waals surface area contributed by atoms with E-state index in [-0.39, 0.29) is 0 Å². The van der Waals surface area contributed by atoms with Gasteiger partial charge in [0.1, 0.15) is 0 Å². The number of unbranched alkanes of at least 4 members (excludes halogenated alkanes) is 2. The fourth-order valence-corrected chi connectivity index (χ4v) is 2.59. The van der Waals surface area contributed by atoms with Crippen molar-refractivity contribution in [1.29, 1.82) is 0 Å². The molecule has 1 heterocycles. The Morgan fingerprint density at radius 1 is 1.17 bits per heavy atom. The molecule has 0 saturated heterocycles. The van der Waals surface area contributed by atoms with Gasteiger partial charge in [0.05, 0.1) is 0 Å². The van der Waals surface area contributed by atoms with Crippen LogP contribution in [0.4, 0.5) is 5.69 Å². The smallest absolute Gasteiger partial charge is 0.0398 e. The lowest BCUT2D eigenvalue weighted by molar-refractivity contribution is 0.638. The number of nitrogens with zero attached hydrogens (tertiary/aromatic N) is 1. The number of benzene rings is 1. The predicted octanol–water partition coefficient (Wildman–Crippen LogP) is 4.96. The molecule has 0 aliphatic carbocycles. The maximum atomic E-state index is 2.58. The Hall–Kier alpha value is -0.980. The second-order valence-electron chi connectivity index (χ2n) is 4.93. The summed E-state index contributed by atoms with van der Waals surface area (Å²) in [5.74, 6) is 0. The summed E-state index contributed by atoms with van der Waals surface area (Å²) < 4.78 is 0. The van der Waals surface area contributed by atoms with E-state index in [9.17, 15) is 0 Å². The Kier molecular flexibility index (Phi) is 6.85. The molecule has 0 saturated carbocycles. The average Bonchev–Trinajstić information content (AvgIpc) is 2.41. The van der Waals surface area contributed by atoms with E-state index in [0.29, 0.717) is 0 Å². The molecular formula is C17H29N. The van der Waals surface area contributed by atoms with Crippen LogP contribution in [-0.2, 0) is 6.42 Å². The molecule has 2 rings (SSSR count). The van der Waals surface area contributed by atoms with E-state index in [1.165, 1.54) is 56.4 Å². The lowest BCUT2D eigenvalue weighted by Gasteiger charge is -2.31. The van der Waals surface area contributed by atoms with E-state index >= 15 is 0 Å². The minimum Gasteiger partial charge on any atom is -0.371 e. The topological polar surface area (TPSA) is 3.24 Å². The Morgan fingerprint density at radius 3 is 2.67 bits per heavy atom. The zero-order chi connectivity index (χ0) is 13.4. The van der Waals surface area contributed by atoms with Crippen molar-refractivity contribution in [3.63, 3.8) is 0 Å². The first-order valence-electron chi connectivity index (χ1n) is 7.65. The van der Waals surface area contributed by atoms with Gasteiger partial charge in [0.2, 0.25) is 0 Å². The number of anilines is 1. The van der Waals surface area contributed by atoms with Crippen molar-refractivity contribution in [2.24, 2.45) is 0 Å². The van der Waals surface area contributed by atoms with Gasteiger partial charge >= 0.3 is 0 Å². The summed E-state index contributed by atoms with van der Waals surface area (Å²) in [5.41, 5.74) is 4.45.